The number of fused-ring (bicyclic) bond motifs is 2. The number of allylic oxidation sites excluding steroid dienone is 1. The summed E-state index contributed by atoms with van der Waals surface area (Å²) in [6.07, 6.45) is 10.2. The van der Waals surface area contributed by atoms with Crippen LogP contribution >= 0.6 is 66.7 Å². The lowest BCUT2D eigenvalue weighted by molar-refractivity contribution is -0.112. The minimum absolute atomic E-state index is 0.0185. The number of rotatable bonds is 6. The third kappa shape index (κ3) is 12.0. The summed E-state index contributed by atoms with van der Waals surface area (Å²) in [6, 6.07) is 7.40. The van der Waals surface area contributed by atoms with E-state index in [9.17, 15) is 33.6 Å². The topological polar surface area (TPSA) is 285 Å². The Morgan fingerprint density at radius 2 is 1.27 bits per heavy atom. The fourth-order valence-corrected chi connectivity index (χ4v) is 6.78. The maximum atomic E-state index is 12.7. The van der Waals surface area contributed by atoms with Crippen LogP contribution in [-0.4, -0.2) is 57.6 Å². The molecule has 3 amide bonds. The standard InChI is InChI=1S/C14H12ClN5O2.C10H8BrClN2O2.C6H4BrClN2O2.C4H5N3.C4H6O/c1-3-14(2)19-12(21)11-8(15)6-9(13(22)20(11)14)18-10-4-5-16-7-17-10;1-3-10(2)13-8(15)7-6(12)4-5(11)9(16)14(7)10;7-2-1-3(8)4(5(9)11)10-6(2)12;5-4-1-2-6-3-7-4;1-3-4(2)5/h3-7H,1H2,2H3,(H,19,21)(H,16,17,18);3-4H,1H2,2H3,(H,13,15);1H,(H2,9,11)(H,10,12);1-3H,(H2,5,6,7);3H,1H2,2H3. The molecular weight excluding hydrogens is 1000 g/mol. The van der Waals surface area contributed by atoms with Crippen molar-refractivity contribution in [3.05, 3.63) is 166 Å². The van der Waals surface area contributed by atoms with Crippen molar-refractivity contribution in [1.29, 1.82) is 0 Å². The monoisotopic (exact) mass is 1030 g/mol. The van der Waals surface area contributed by atoms with Crippen LogP contribution in [0.5, 0.6) is 0 Å². The minimum atomic E-state index is -1.03. The van der Waals surface area contributed by atoms with E-state index in [2.05, 4.69) is 92.5 Å². The average Bonchev–Trinajstić information content (AvgIpc) is 3.67. The molecule has 5 aromatic rings. The quantitative estimate of drug-likeness (QED) is 0.0942. The van der Waals surface area contributed by atoms with E-state index >= 15 is 0 Å². The molecule has 0 saturated heterocycles. The van der Waals surface area contributed by atoms with E-state index in [1.165, 1.54) is 65.1 Å². The van der Waals surface area contributed by atoms with E-state index in [0.29, 0.717) is 16.1 Å². The Hall–Kier alpha value is -6.26. The molecule has 2 unspecified atom stereocenters. The Morgan fingerprint density at radius 3 is 1.69 bits per heavy atom. The van der Waals surface area contributed by atoms with Crippen LogP contribution in [0.3, 0.4) is 0 Å². The van der Waals surface area contributed by atoms with E-state index in [0.717, 1.165) is 0 Å². The lowest BCUT2D eigenvalue weighted by atomic mass is 10.2. The van der Waals surface area contributed by atoms with E-state index in [1.807, 2.05) is 0 Å². The van der Waals surface area contributed by atoms with Gasteiger partial charge in [-0.25, -0.2) is 19.9 Å². The predicted octanol–water partition coefficient (Wildman–Crippen LogP) is 5.21. The third-order valence-corrected chi connectivity index (χ3v) is 10.1. The normalized spacial score (nSPS) is 16.2. The van der Waals surface area contributed by atoms with Crippen LogP contribution in [0.15, 0.2) is 117 Å². The van der Waals surface area contributed by atoms with Crippen molar-refractivity contribution < 1.29 is 19.2 Å². The van der Waals surface area contributed by atoms with Gasteiger partial charge in [-0.1, -0.05) is 54.5 Å². The van der Waals surface area contributed by atoms with Crippen molar-refractivity contribution in [3.8, 4) is 0 Å². The molecule has 24 heteroatoms. The first-order valence-corrected chi connectivity index (χ1v) is 19.8. The number of nitrogen functional groups attached to an aromatic ring is 1. The number of ketones is 1. The number of H-pyrrole nitrogens is 1. The molecule has 8 N–H and O–H groups in total. The number of primary amides is 1. The van der Waals surface area contributed by atoms with Crippen molar-refractivity contribution >= 4 is 107 Å². The first-order chi connectivity index (χ1) is 29.0. The van der Waals surface area contributed by atoms with Gasteiger partial charge < -0.3 is 32.4 Å². The number of pyridine rings is 3. The second kappa shape index (κ2) is 21.5. The Bertz CT molecular complexity index is 2750. The number of amides is 3. The highest BCUT2D eigenvalue weighted by molar-refractivity contribution is 9.10. The van der Waals surface area contributed by atoms with Crippen LogP contribution < -0.4 is 44.1 Å². The summed E-state index contributed by atoms with van der Waals surface area (Å²) in [5, 5.41) is 8.73. The number of nitrogens with zero attached hydrogens (tertiary/aromatic N) is 6. The molecule has 62 heavy (non-hydrogen) atoms. The lowest BCUT2D eigenvalue weighted by Gasteiger charge is -2.23. The Labute approximate surface area is 383 Å². The molecule has 5 aromatic heterocycles. The van der Waals surface area contributed by atoms with Gasteiger partial charge in [0.05, 0.1) is 24.0 Å². The number of halogens is 5. The Morgan fingerprint density at radius 1 is 0.790 bits per heavy atom. The van der Waals surface area contributed by atoms with Crippen molar-refractivity contribution in [2.24, 2.45) is 5.73 Å². The molecule has 0 fully saturated rings. The highest BCUT2D eigenvalue weighted by atomic mass is 79.9. The molecule has 0 aromatic carbocycles. The van der Waals surface area contributed by atoms with Gasteiger partial charge >= 0.3 is 0 Å². The largest absolute Gasteiger partial charge is 0.384 e. The molecule has 0 spiro atoms. The van der Waals surface area contributed by atoms with E-state index in [-0.39, 0.29) is 59.6 Å². The number of hydrogen-bond donors (Lipinski definition) is 6. The number of aromatic amines is 1. The van der Waals surface area contributed by atoms with E-state index in [4.69, 9.17) is 46.3 Å². The van der Waals surface area contributed by atoms with Crippen molar-refractivity contribution in [2.75, 3.05) is 11.1 Å². The van der Waals surface area contributed by atoms with Crippen LogP contribution in [0.1, 0.15) is 52.2 Å². The number of aromatic nitrogens is 7. The van der Waals surface area contributed by atoms with Crippen LogP contribution in [-0.2, 0) is 16.1 Å². The summed E-state index contributed by atoms with van der Waals surface area (Å²) in [5.41, 5.74) is 7.41. The maximum Gasteiger partial charge on any atom is 0.277 e. The van der Waals surface area contributed by atoms with Crippen LogP contribution in [0.25, 0.3) is 0 Å². The molecular formula is C38H35Br2Cl3N12O7. The summed E-state index contributed by atoms with van der Waals surface area (Å²) < 4.78 is 3.16. The van der Waals surface area contributed by atoms with Gasteiger partial charge in [0.15, 0.2) is 5.78 Å². The third-order valence-electron chi connectivity index (χ3n) is 8.08. The van der Waals surface area contributed by atoms with Crippen molar-refractivity contribution in [3.63, 3.8) is 0 Å². The SMILES string of the molecule is C=CC(C)=O.C=CC1(C)NC(=O)c2c(Cl)cc(Br)c(=O)n21.C=CC1(C)NC(=O)c2c(Cl)cc(Nc3ccncn3)c(=O)n21.NC(=O)c1[nH]c(=O)c(Br)cc1Cl.Nc1ccncn1. The minimum Gasteiger partial charge on any atom is -0.384 e. The highest BCUT2D eigenvalue weighted by Gasteiger charge is 2.40. The number of carbonyl (C=O) groups excluding carboxylic acids is 4. The van der Waals surface area contributed by atoms with Crippen LogP contribution in [0, 0.1) is 0 Å². The molecule has 2 atom stereocenters. The maximum absolute atomic E-state index is 12.7. The number of nitrogens with two attached hydrogens (primary N) is 2. The summed E-state index contributed by atoms with van der Waals surface area (Å²) >= 11 is 23.8. The number of carbonyl (C=O) groups is 4. The summed E-state index contributed by atoms with van der Waals surface area (Å²) in [4.78, 5) is 97.0. The second-order valence-corrected chi connectivity index (χ2v) is 15.5. The molecule has 0 aliphatic carbocycles. The van der Waals surface area contributed by atoms with Crippen molar-refractivity contribution in [1.82, 2.24) is 44.7 Å². The van der Waals surface area contributed by atoms with E-state index < -0.39 is 34.3 Å². The van der Waals surface area contributed by atoms with Gasteiger partial charge in [-0.05, 0) is 101 Å². The second-order valence-electron chi connectivity index (χ2n) is 12.5. The zero-order valence-electron chi connectivity index (χ0n) is 32.6. The molecule has 0 bridgehead atoms. The molecule has 19 nitrogen and oxygen atoms in total. The Balaban J connectivity index is 0.000000225. The van der Waals surface area contributed by atoms with Gasteiger partial charge in [0.2, 0.25) is 0 Å². The number of hydrogen-bond acceptors (Lipinski definition) is 13. The fraction of sp³-hybridized carbons (Fsp3) is 0.132. The van der Waals surface area contributed by atoms with Gasteiger partial charge in [0.25, 0.3) is 34.4 Å². The fourth-order valence-electron chi connectivity index (χ4n) is 4.98. The van der Waals surface area contributed by atoms with Gasteiger partial charge in [-0.3, -0.25) is 42.7 Å². The number of anilines is 3. The van der Waals surface area contributed by atoms with Gasteiger partial charge in [0.1, 0.15) is 58.4 Å². The van der Waals surface area contributed by atoms with Gasteiger partial charge in [0, 0.05) is 12.4 Å². The molecule has 0 radical (unpaired) electrons. The molecule has 0 saturated carbocycles. The van der Waals surface area contributed by atoms with Gasteiger partial charge in [-0.15, -0.1) is 0 Å². The smallest absolute Gasteiger partial charge is 0.277 e. The van der Waals surface area contributed by atoms with Crippen LogP contribution in [0.2, 0.25) is 15.1 Å². The number of nitrogens with one attached hydrogen (secondary N) is 4. The highest BCUT2D eigenvalue weighted by Crippen LogP contribution is 2.30. The summed E-state index contributed by atoms with van der Waals surface area (Å²) in [5.74, 6) is -0.582. The zero-order chi connectivity index (χ0) is 46.7. The predicted molar refractivity (Wildman–Crippen MR) is 243 cm³/mol. The van der Waals surface area contributed by atoms with Crippen molar-refractivity contribution in [2.45, 2.75) is 32.1 Å². The average molecular weight is 1040 g/mol. The summed E-state index contributed by atoms with van der Waals surface area (Å²) in [7, 11) is 0. The molecule has 2 aliphatic heterocycles. The molecule has 7 heterocycles. The molecule has 2 aliphatic rings. The van der Waals surface area contributed by atoms with Gasteiger partial charge in [-0.2, -0.15) is 0 Å². The lowest BCUT2D eigenvalue weighted by Crippen LogP contribution is -2.43. The Kier molecular flexibility index (Phi) is 17.4. The first kappa shape index (κ1) is 50.1. The van der Waals surface area contributed by atoms with Crippen LogP contribution in [0.4, 0.5) is 17.3 Å². The van der Waals surface area contributed by atoms with E-state index in [1.54, 1.807) is 38.4 Å². The molecule has 7 rings (SSSR count). The zero-order valence-corrected chi connectivity index (χ0v) is 38.1. The first-order valence-electron chi connectivity index (χ1n) is 17.1. The summed E-state index contributed by atoms with van der Waals surface area (Å²) in [6.45, 7) is 15.3. The molecule has 324 valence electrons.